The smallest absolute Gasteiger partial charge is 0.238 e. The topological polar surface area (TPSA) is 58.7 Å². The zero-order chi connectivity index (χ0) is 18.7. The van der Waals surface area contributed by atoms with Gasteiger partial charge < -0.3 is 4.52 Å². The highest BCUT2D eigenvalue weighted by Crippen LogP contribution is 2.29. The van der Waals surface area contributed by atoms with Crippen LogP contribution in [0.3, 0.4) is 0 Å². The van der Waals surface area contributed by atoms with Gasteiger partial charge in [0.2, 0.25) is 5.91 Å². The maximum atomic E-state index is 12.7. The predicted octanol–water partition coefficient (Wildman–Crippen LogP) is 4.83. The molecule has 1 amide bonds. The van der Waals surface area contributed by atoms with E-state index in [1.165, 1.54) is 0 Å². The summed E-state index contributed by atoms with van der Waals surface area (Å²) >= 11 is 9.12. The molecule has 5 nitrogen and oxygen atoms in total. The van der Waals surface area contributed by atoms with Gasteiger partial charge >= 0.3 is 0 Å². The summed E-state index contributed by atoms with van der Waals surface area (Å²) in [6.45, 7) is 6.60. The number of halogens is 1. The number of thioether (sulfide) groups is 2. The summed E-state index contributed by atoms with van der Waals surface area (Å²) < 4.78 is 5.17. The fourth-order valence-electron chi connectivity index (χ4n) is 2.56. The third-order valence-electron chi connectivity index (χ3n) is 3.98. The Labute approximate surface area is 166 Å². The number of carbonyl (C=O) groups excluding carboxylic acids is 1. The summed E-state index contributed by atoms with van der Waals surface area (Å²) in [6, 6.07) is 7.31. The van der Waals surface area contributed by atoms with Gasteiger partial charge in [0.25, 0.3) is 0 Å². The van der Waals surface area contributed by atoms with Crippen LogP contribution in [0.5, 0.6) is 0 Å². The Morgan fingerprint density at radius 1 is 1.42 bits per heavy atom. The van der Waals surface area contributed by atoms with Crippen LogP contribution < -0.4 is 0 Å². The minimum atomic E-state index is 0.0753. The molecule has 0 saturated carbocycles. The van der Waals surface area contributed by atoms with Crippen molar-refractivity contribution in [1.82, 2.24) is 10.1 Å². The zero-order valence-electron chi connectivity index (χ0n) is 14.9. The molecule has 1 saturated heterocycles. The molecule has 2 heterocycles. The maximum absolute atomic E-state index is 12.7. The molecule has 0 N–H and O–H groups in total. The Morgan fingerprint density at radius 3 is 2.81 bits per heavy atom. The Balaban J connectivity index is 1.64. The summed E-state index contributed by atoms with van der Waals surface area (Å²) in [4.78, 5) is 19.1. The molecule has 0 spiro atoms. The SMILES string of the molecule is Cc1noc(C)c1CSCC(=O)N1C[C@H](C)SC1=Nc1ccc(Cl)cc1. The molecular weight excluding hydrogens is 390 g/mol. The van der Waals surface area contributed by atoms with Crippen LogP contribution in [-0.4, -0.2) is 38.7 Å². The van der Waals surface area contributed by atoms with Crippen molar-refractivity contribution in [2.45, 2.75) is 31.8 Å². The van der Waals surface area contributed by atoms with Gasteiger partial charge in [-0.25, -0.2) is 4.99 Å². The molecular formula is C18H20ClN3O2S2. The minimum absolute atomic E-state index is 0.0753. The highest BCUT2D eigenvalue weighted by Gasteiger charge is 2.30. The van der Waals surface area contributed by atoms with Crippen molar-refractivity contribution in [3.05, 3.63) is 46.3 Å². The summed E-state index contributed by atoms with van der Waals surface area (Å²) in [5.41, 5.74) is 2.76. The largest absolute Gasteiger partial charge is 0.361 e. The van der Waals surface area contributed by atoms with E-state index in [2.05, 4.69) is 17.1 Å². The second-order valence-corrected chi connectivity index (χ2v) is 8.93. The van der Waals surface area contributed by atoms with Crippen LogP contribution in [0.15, 0.2) is 33.8 Å². The highest BCUT2D eigenvalue weighted by atomic mass is 35.5. The van der Waals surface area contributed by atoms with Crippen molar-refractivity contribution < 1.29 is 9.32 Å². The van der Waals surface area contributed by atoms with Crippen molar-refractivity contribution >= 4 is 51.9 Å². The molecule has 0 unspecified atom stereocenters. The Morgan fingerprint density at radius 2 is 2.15 bits per heavy atom. The van der Waals surface area contributed by atoms with Gasteiger partial charge in [0.1, 0.15) is 5.76 Å². The van der Waals surface area contributed by atoms with Crippen molar-refractivity contribution in [2.24, 2.45) is 4.99 Å². The van der Waals surface area contributed by atoms with Gasteiger partial charge in [-0.2, -0.15) is 0 Å². The van der Waals surface area contributed by atoms with Crippen molar-refractivity contribution in [3.63, 3.8) is 0 Å². The van der Waals surface area contributed by atoms with Crippen LogP contribution in [0.2, 0.25) is 5.02 Å². The lowest BCUT2D eigenvalue weighted by Gasteiger charge is -2.16. The van der Waals surface area contributed by atoms with Gasteiger partial charge in [-0.15, -0.1) is 11.8 Å². The van der Waals surface area contributed by atoms with Gasteiger partial charge in [-0.05, 0) is 38.1 Å². The van der Waals surface area contributed by atoms with Crippen LogP contribution in [0, 0.1) is 13.8 Å². The van der Waals surface area contributed by atoms with E-state index in [-0.39, 0.29) is 5.91 Å². The molecule has 1 fully saturated rings. The van der Waals surface area contributed by atoms with Gasteiger partial charge in [-0.1, -0.05) is 35.4 Å². The quantitative estimate of drug-likeness (QED) is 0.707. The second kappa shape index (κ2) is 8.50. The van der Waals surface area contributed by atoms with Crippen molar-refractivity contribution in [3.8, 4) is 0 Å². The van der Waals surface area contributed by atoms with Gasteiger partial charge in [0.05, 0.1) is 17.1 Å². The molecule has 0 radical (unpaired) electrons. The van der Waals surface area contributed by atoms with Crippen LogP contribution in [0.1, 0.15) is 23.9 Å². The molecule has 8 heteroatoms. The number of nitrogens with zero attached hydrogens (tertiary/aromatic N) is 3. The molecule has 3 rings (SSSR count). The second-order valence-electron chi connectivity index (χ2n) is 6.10. The lowest BCUT2D eigenvalue weighted by atomic mass is 10.2. The Bertz CT molecular complexity index is 801. The van der Waals surface area contributed by atoms with Gasteiger partial charge in [0, 0.05) is 28.1 Å². The third kappa shape index (κ3) is 4.64. The van der Waals surface area contributed by atoms with E-state index in [1.54, 1.807) is 40.6 Å². The number of aromatic nitrogens is 1. The number of hydrogen-bond acceptors (Lipinski definition) is 6. The lowest BCUT2D eigenvalue weighted by molar-refractivity contribution is -0.124. The van der Waals surface area contributed by atoms with Crippen LogP contribution in [-0.2, 0) is 10.5 Å². The maximum Gasteiger partial charge on any atom is 0.238 e. The van der Waals surface area contributed by atoms with Gasteiger partial charge in [0.15, 0.2) is 5.17 Å². The molecule has 1 aromatic carbocycles. The number of rotatable bonds is 5. The third-order valence-corrected chi connectivity index (χ3v) is 6.25. The number of aliphatic imine (C=N–C) groups is 1. The first-order valence-corrected chi connectivity index (χ1v) is 10.7. The van der Waals surface area contributed by atoms with E-state index in [0.29, 0.717) is 28.3 Å². The van der Waals surface area contributed by atoms with Crippen LogP contribution in [0.25, 0.3) is 0 Å². The average Bonchev–Trinajstić information content (AvgIpc) is 3.13. The molecule has 1 atom stereocenters. The first-order chi connectivity index (χ1) is 12.4. The first kappa shape index (κ1) is 19.3. The summed E-state index contributed by atoms with van der Waals surface area (Å²) in [6.07, 6.45) is 0. The first-order valence-electron chi connectivity index (χ1n) is 8.25. The predicted molar refractivity (Wildman–Crippen MR) is 109 cm³/mol. The number of aryl methyl sites for hydroxylation is 2. The fraction of sp³-hybridized carbons (Fsp3) is 0.389. The van der Waals surface area contributed by atoms with Crippen LogP contribution in [0.4, 0.5) is 5.69 Å². The molecule has 138 valence electrons. The number of amidine groups is 1. The molecule has 26 heavy (non-hydrogen) atoms. The van der Waals surface area contributed by atoms with Crippen molar-refractivity contribution in [2.75, 3.05) is 12.3 Å². The minimum Gasteiger partial charge on any atom is -0.361 e. The van der Waals surface area contributed by atoms with E-state index in [1.807, 2.05) is 26.0 Å². The Hall–Kier alpha value is -1.44. The molecule has 0 aliphatic carbocycles. The number of amides is 1. The van der Waals surface area contributed by atoms with E-state index in [0.717, 1.165) is 27.9 Å². The van der Waals surface area contributed by atoms with E-state index >= 15 is 0 Å². The summed E-state index contributed by atoms with van der Waals surface area (Å²) in [5, 5.41) is 5.71. The highest BCUT2D eigenvalue weighted by molar-refractivity contribution is 8.14. The zero-order valence-corrected chi connectivity index (χ0v) is 17.2. The van der Waals surface area contributed by atoms with E-state index in [4.69, 9.17) is 16.1 Å². The van der Waals surface area contributed by atoms with Crippen molar-refractivity contribution in [1.29, 1.82) is 0 Å². The monoisotopic (exact) mass is 409 g/mol. The van der Waals surface area contributed by atoms with E-state index < -0.39 is 0 Å². The molecule has 0 bridgehead atoms. The molecule has 1 aromatic heterocycles. The van der Waals surface area contributed by atoms with Crippen LogP contribution >= 0.6 is 35.1 Å². The summed E-state index contributed by atoms with van der Waals surface area (Å²) in [5.74, 6) is 2.01. The van der Waals surface area contributed by atoms with Gasteiger partial charge in [-0.3, -0.25) is 9.69 Å². The lowest BCUT2D eigenvalue weighted by Crippen LogP contribution is -2.33. The summed E-state index contributed by atoms with van der Waals surface area (Å²) in [7, 11) is 0. The van der Waals surface area contributed by atoms with E-state index in [9.17, 15) is 4.79 Å². The molecule has 1 aliphatic rings. The average molecular weight is 410 g/mol. The molecule has 2 aromatic rings. The number of carbonyl (C=O) groups is 1. The number of hydrogen-bond donors (Lipinski definition) is 0. The standard InChI is InChI=1S/C18H20ClN3O2S2/c1-11-8-22(18(26-11)20-15-6-4-14(19)5-7-15)17(23)10-25-9-16-12(2)21-24-13(16)3/h4-7,11H,8-10H2,1-3H3/t11-/m0/s1. The fourth-order valence-corrected chi connectivity index (χ4v) is 4.78. The number of benzene rings is 1. The molecule has 1 aliphatic heterocycles. The normalized spacial score (nSPS) is 18.7. The Kier molecular flexibility index (Phi) is 6.32.